The Morgan fingerprint density at radius 1 is 1.00 bits per heavy atom. The van der Waals surface area contributed by atoms with Gasteiger partial charge in [-0.1, -0.05) is 55.5 Å². The van der Waals surface area contributed by atoms with Gasteiger partial charge in [0.25, 0.3) is 0 Å². The van der Waals surface area contributed by atoms with Gasteiger partial charge in [0.2, 0.25) is 0 Å². The smallest absolute Gasteiger partial charge is 0.0202 e. The lowest BCUT2D eigenvalue weighted by Crippen LogP contribution is -2.38. The van der Waals surface area contributed by atoms with Crippen molar-refractivity contribution in [3.8, 4) is 0 Å². The van der Waals surface area contributed by atoms with Gasteiger partial charge in [-0.15, -0.1) is 0 Å². The van der Waals surface area contributed by atoms with E-state index >= 15 is 0 Å². The zero-order chi connectivity index (χ0) is 10.9. The van der Waals surface area contributed by atoms with E-state index in [2.05, 4.69) is 29.8 Å². The van der Waals surface area contributed by atoms with Crippen LogP contribution in [0.1, 0.15) is 65.2 Å². The summed E-state index contributed by atoms with van der Waals surface area (Å²) in [5.74, 6) is 1.76. The standard InChI is InChI=1S/C14H25Br/c1-11(2)13(15)12-7-3-4-8-14(12)9-5-6-10-14/h11-13H,3-10H2,1-2H3. The molecule has 15 heavy (non-hydrogen) atoms. The molecule has 0 aromatic heterocycles. The molecule has 0 bridgehead atoms. The minimum Gasteiger partial charge on any atom is -0.0885 e. The Morgan fingerprint density at radius 2 is 1.53 bits per heavy atom. The first-order valence-corrected chi connectivity index (χ1v) is 7.71. The molecule has 2 rings (SSSR count). The van der Waals surface area contributed by atoms with Crippen LogP contribution in [-0.4, -0.2) is 4.83 Å². The molecule has 0 radical (unpaired) electrons. The van der Waals surface area contributed by atoms with Gasteiger partial charge in [-0.2, -0.15) is 0 Å². The minimum atomic E-state index is 0.747. The van der Waals surface area contributed by atoms with Crippen molar-refractivity contribution in [2.24, 2.45) is 17.3 Å². The quantitative estimate of drug-likeness (QED) is 0.610. The van der Waals surface area contributed by atoms with Crippen molar-refractivity contribution in [1.29, 1.82) is 0 Å². The van der Waals surface area contributed by atoms with Crippen LogP contribution >= 0.6 is 15.9 Å². The summed E-state index contributed by atoms with van der Waals surface area (Å²) in [5.41, 5.74) is 0.747. The number of rotatable bonds is 2. The van der Waals surface area contributed by atoms with Crippen LogP contribution in [0, 0.1) is 17.3 Å². The molecule has 0 N–H and O–H groups in total. The topological polar surface area (TPSA) is 0 Å². The molecular weight excluding hydrogens is 248 g/mol. The predicted octanol–water partition coefficient (Wildman–Crippen LogP) is 5.16. The van der Waals surface area contributed by atoms with Gasteiger partial charge in [0.15, 0.2) is 0 Å². The van der Waals surface area contributed by atoms with Crippen molar-refractivity contribution in [1.82, 2.24) is 0 Å². The van der Waals surface area contributed by atoms with Crippen LogP contribution in [0.5, 0.6) is 0 Å². The van der Waals surface area contributed by atoms with E-state index in [9.17, 15) is 0 Å². The number of hydrogen-bond donors (Lipinski definition) is 0. The van der Waals surface area contributed by atoms with Crippen molar-refractivity contribution >= 4 is 15.9 Å². The second-order valence-electron chi connectivity index (χ2n) is 6.11. The van der Waals surface area contributed by atoms with Gasteiger partial charge in [0.05, 0.1) is 0 Å². The Balaban J connectivity index is 2.12. The predicted molar refractivity (Wildman–Crippen MR) is 70.4 cm³/mol. The Hall–Kier alpha value is 0.480. The molecule has 0 heterocycles. The maximum absolute atomic E-state index is 3.99. The molecule has 0 saturated heterocycles. The summed E-state index contributed by atoms with van der Waals surface area (Å²) in [6.45, 7) is 4.74. The zero-order valence-electron chi connectivity index (χ0n) is 10.3. The van der Waals surface area contributed by atoms with Crippen LogP contribution in [-0.2, 0) is 0 Å². The van der Waals surface area contributed by atoms with Crippen molar-refractivity contribution in [2.75, 3.05) is 0 Å². The molecule has 1 heteroatoms. The van der Waals surface area contributed by atoms with E-state index < -0.39 is 0 Å². The lowest BCUT2D eigenvalue weighted by Gasteiger charge is -2.45. The molecule has 2 saturated carbocycles. The number of halogens is 1. The summed E-state index contributed by atoms with van der Waals surface area (Å²) in [4.78, 5) is 0.760. The molecule has 2 aliphatic carbocycles. The third kappa shape index (κ3) is 2.28. The Bertz CT molecular complexity index is 203. The van der Waals surface area contributed by atoms with Crippen LogP contribution < -0.4 is 0 Å². The van der Waals surface area contributed by atoms with Crippen LogP contribution in [0.2, 0.25) is 0 Å². The van der Waals surface area contributed by atoms with Gasteiger partial charge in [0.1, 0.15) is 0 Å². The first-order valence-electron chi connectivity index (χ1n) is 6.80. The molecular formula is C14H25Br. The largest absolute Gasteiger partial charge is 0.0885 e. The normalized spacial score (nSPS) is 32.4. The molecule has 2 unspecified atom stereocenters. The Kier molecular flexibility index (Phi) is 3.80. The van der Waals surface area contributed by atoms with Crippen LogP contribution in [0.25, 0.3) is 0 Å². The highest BCUT2D eigenvalue weighted by Crippen LogP contribution is 2.55. The molecule has 88 valence electrons. The zero-order valence-corrected chi connectivity index (χ0v) is 11.9. The summed E-state index contributed by atoms with van der Waals surface area (Å²) < 4.78 is 0. The fourth-order valence-electron chi connectivity index (χ4n) is 3.99. The molecule has 0 amide bonds. The van der Waals surface area contributed by atoms with E-state index in [-0.39, 0.29) is 0 Å². The second-order valence-corrected chi connectivity index (χ2v) is 7.17. The average Bonchev–Trinajstić information content (AvgIpc) is 2.67. The third-order valence-electron chi connectivity index (χ3n) is 4.85. The number of alkyl halides is 1. The highest BCUT2D eigenvalue weighted by Gasteiger charge is 2.45. The lowest BCUT2D eigenvalue weighted by atomic mass is 9.63. The summed E-state index contributed by atoms with van der Waals surface area (Å²) >= 11 is 3.99. The van der Waals surface area contributed by atoms with E-state index in [4.69, 9.17) is 0 Å². The van der Waals surface area contributed by atoms with E-state index in [1.165, 1.54) is 51.4 Å². The van der Waals surface area contributed by atoms with Crippen molar-refractivity contribution in [2.45, 2.75) is 70.0 Å². The van der Waals surface area contributed by atoms with Gasteiger partial charge >= 0.3 is 0 Å². The fraction of sp³-hybridized carbons (Fsp3) is 1.00. The van der Waals surface area contributed by atoms with Crippen LogP contribution in [0.4, 0.5) is 0 Å². The van der Waals surface area contributed by atoms with Crippen molar-refractivity contribution in [3.05, 3.63) is 0 Å². The van der Waals surface area contributed by atoms with Gasteiger partial charge in [-0.3, -0.25) is 0 Å². The highest BCUT2D eigenvalue weighted by atomic mass is 79.9. The first kappa shape index (κ1) is 12.0. The van der Waals surface area contributed by atoms with Crippen molar-refractivity contribution in [3.63, 3.8) is 0 Å². The van der Waals surface area contributed by atoms with Crippen LogP contribution in [0.3, 0.4) is 0 Å². The molecule has 2 atom stereocenters. The molecule has 0 aliphatic heterocycles. The fourth-order valence-corrected chi connectivity index (χ4v) is 4.82. The average molecular weight is 273 g/mol. The van der Waals surface area contributed by atoms with Gasteiger partial charge < -0.3 is 0 Å². The van der Waals surface area contributed by atoms with Crippen molar-refractivity contribution < 1.29 is 0 Å². The summed E-state index contributed by atoms with van der Waals surface area (Å²) in [7, 11) is 0. The Labute approximate surface area is 103 Å². The SMILES string of the molecule is CC(C)C(Br)C1CCCCC12CCCC2. The summed E-state index contributed by atoms with van der Waals surface area (Å²) in [6, 6.07) is 0. The molecule has 2 fully saturated rings. The number of hydrogen-bond acceptors (Lipinski definition) is 0. The lowest BCUT2D eigenvalue weighted by molar-refractivity contribution is 0.0902. The molecule has 2 aliphatic rings. The summed E-state index contributed by atoms with van der Waals surface area (Å²) in [5, 5.41) is 0. The van der Waals surface area contributed by atoms with E-state index in [0.29, 0.717) is 0 Å². The molecule has 0 aromatic carbocycles. The maximum Gasteiger partial charge on any atom is 0.0202 e. The molecule has 0 aromatic rings. The van der Waals surface area contributed by atoms with E-state index in [1.54, 1.807) is 0 Å². The second kappa shape index (κ2) is 4.77. The monoisotopic (exact) mass is 272 g/mol. The van der Waals surface area contributed by atoms with Gasteiger partial charge in [0, 0.05) is 4.83 Å². The van der Waals surface area contributed by atoms with Gasteiger partial charge in [-0.05, 0) is 42.9 Å². The molecule has 1 spiro atoms. The third-order valence-corrected chi connectivity index (χ3v) is 6.54. The van der Waals surface area contributed by atoms with Crippen LogP contribution in [0.15, 0.2) is 0 Å². The van der Waals surface area contributed by atoms with E-state index in [1.807, 2.05) is 0 Å². The van der Waals surface area contributed by atoms with E-state index in [0.717, 1.165) is 22.1 Å². The Morgan fingerprint density at radius 3 is 2.07 bits per heavy atom. The highest BCUT2D eigenvalue weighted by molar-refractivity contribution is 9.09. The minimum absolute atomic E-state index is 0.747. The molecule has 0 nitrogen and oxygen atoms in total. The first-order chi connectivity index (χ1) is 7.16. The van der Waals surface area contributed by atoms with Gasteiger partial charge in [-0.25, -0.2) is 0 Å². The maximum atomic E-state index is 3.99. The summed E-state index contributed by atoms with van der Waals surface area (Å²) in [6.07, 6.45) is 12.0.